The summed E-state index contributed by atoms with van der Waals surface area (Å²) in [4.78, 5) is 10.3. The van der Waals surface area contributed by atoms with E-state index in [0.717, 1.165) is 5.56 Å². The van der Waals surface area contributed by atoms with Gasteiger partial charge in [0.1, 0.15) is 0 Å². The van der Waals surface area contributed by atoms with E-state index >= 15 is 0 Å². The maximum Gasteiger partial charge on any atom is 0.269 e. The van der Waals surface area contributed by atoms with Crippen molar-refractivity contribution in [2.75, 3.05) is 6.26 Å². The Morgan fingerprint density at radius 2 is 1.95 bits per heavy atom. The number of benzene rings is 1. The van der Waals surface area contributed by atoms with Gasteiger partial charge in [-0.3, -0.25) is 10.1 Å². The summed E-state index contributed by atoms with van der Waals surface area (Å²) in [5.41, 5.74) is 1.27. The van der Waals surface area contributed by atoms with Crippen LogP contribution in [0.4, 0.5) is 5.69 Å². The molecule has 1 aliphatic rings. The van der Waals surface area contributed by atoms with Crippen LogP contribution in [0.25, 0.3) is 0 Å². The van der Waals surface area contributed by atoms with E-state index in [1.165, 1.54) is 25.7 Å². The third kappa shape index (κ3) is 3.73. The number of nitrogens with one attached hydrogen (secondary N) is 1. The lowest BCUT2D eigenvalue weighted by Crippen LogP contribution is -2.41. The number of nitro benzene ring substituents is 1. The Labute approximate surface area is 124 Å². The normalized spacial score (nSPS) is 24.3. The molecule has 1 aliphatic carbocycles. The number of thioether (sulfide) groups is 1. The van der Waals surface area contributed by atoms with Crippen LogP contribution in [0.1, 0.15) is 44.2 Å². The highest BCUT2D eigenvalue weighted by atomic mass is 32.2. The van der Waals surface area contributed by atoms with Crippen LogP contribution >= 0.6 is 11.8 Å². The summed E-state index contributed by atoms with van der Waals surface area (Å²) in [7, 11) is 0. The minimum absolute atomic E-state index is 0.153. The van der Waals surface area contributed by atoms with Gasteiger partial charge in [-0.2, -0.15) is 11.8 Å². The Bertz CT molecular complexity index is 450. The van der Waals surface area contributed by atoms with Crippen LogP contribution in [-0.2, 0) is 0 Å². The molecule has 0 radical (unpaired) electrons. The molecule has 4 nitrogen and oxygen atoms in total. The molecule has 3 unspecified atom stereocenters. The topological polar surface area (TPSA) is 55.2 Å². The summed E-state index contributed by atoms with van der Waals surface area (Å²) in [6.45, 7) is 2.13. The van der Waals surface area contributed by atoms with Crippen molar-refractivity contribution in [2.45, 2.75) is 49.9 Å². The summed E-state index contributed by atoms with van der Waals surface area (Å²) >= 11 is 1.95. The fraction of sp³-hybridized carbons (Fsp3) is 0.600. The van der Waals surface area contributed by atoms with Crippen LogP contribution in [0.2, 0.25) is 0 Å². The molecule has 0 aliphatic heterocycles. The van der Waals surface area contributed by atoms with Crippen molar-refractivity contribution >= 4 is 17.4 Å². The van der Waals surface area contributed by atoms with Crippen LogP contribution in [0, 0.1) is 10.1 Å². The molecule has 1 saturated carbocycles. The number of hydrogen-bond donors (Lipinski definition) is 1. The zero-order valence-electron chi connectivity index (χ0n) is 12.0. The van der Waals surface area contributed by atoms with Gasteiger partial charge in [0.25, 0.3) is 5.69 Å². The second-order valence-corrected chi connectivity index (χ2v) is 6.48. The molecule has 0 bridgehead atoms. The lowest BCUT2D eigenvalue weighted by molar-refractivity contribution is -0.384. The Morgan fingerprint density at radius 3 is 2.55 bits per heavy atom. The van der Waals surface area contributed by atoms with Gasteiger partial charge >= 0.3 is 0 Å². The third-order valence-corrected chi connectivity index (χ3v) is 5.24. The van der Waals surface area contributed by atoms with E-state index < -0.39 is 0 Å². The molecular weight excluding hydrogens is 272 g/mol. The van der Waals surface area contributed by atoms with Gasteiger partial charge in [0.05, 0.1) is 4.92 Å². The molecule has 5 heteroatoms. The molecule has 0 spiro atoms. The van der Waals surface area contributed by atoms with Crippen LogP contribution in [0.3, 0.4) is 0 Å². The first-order chi connectivity index (χ1) is 9.61. The minimum atomic E-state index is -0.354. The molecule has 1 N–H and O–H groups in total. The van der Waals surface area contributed by atoms with E-state index in [0.29, 0.717) is 11.3 Å². The quantitative estimate of drug-likeness (QED) is 0.660. The van der Waals surface area contributed by atoms with Gasteiger partial charge in [-0.1, -0.05) is 25.0 Å². The van der Waals surface area contributed by atoms with Gasteiger partial charge in [0.2, 0.25) is 0 Å². The molecule has 1 fully saturated rings. The average Bonchev–Trinajstić information content (AvgIpc) is 2.48. The van der Waals surface area contributed by atoms with E-state index in [4.69, 9.17) is 0 Å². The van der Waals surface area contributed by atoms with Gasteiger partial charge in [-0.25, -0.2) is 0 Å². The molecule has 0 aromatic heterocycles. The molecule has 1 aromatic rings. The van der Waals surface area contributed by atoms with E-state index in [1.54, 1.807) is 12.1 Å². The molecule has 3 atom stereocenters. The van der Waals surface area contributed by atoms with Crippen LogP contribution in [0.5, 0.6) is 0 Å². The lowest BCUT2D eigenvalue weighted by atomic mass is 9.93. The van der Waals surface area contributed by atoms with Crippen molar-refractivity contribution in [2.24, 2.45) is 0 Å². The average molecular weight is 294 g/mol. The number of hydrogen-bond acceptors (Lipinski definition) is 4. The van der Waals surface area contributed by atoms with Gasteiger partial charge in [0, 0.05) is 29.5 Å². The number of nitrogens with zero attached hydrogens (tertiary/aromatic N) is 1. The molecule has 20 heavy (non-hydrogen) atoms. The number of nitro groups is 1. The second-order valence-electron chi connectivity index (χ2n) is 5.40. The fourth-order valence-electron chi connectivity index (χ4n) is 2.87. The molecular formula is C15H22N2O2S. The predicted molar refractivity (Wildman–Crippen MR) is 84.2 cm³/mol. The monoisotopic (exact) mass is 294 g/mol. The Kier molecular flexibility index (Phi) is 5.43. The number of non-ortho nitro benzene ring substituents is 1. The van der Waals surface area contributed by atoms with Crippen LogP contribution in [-0.4, -0.2) is 22.5 Å². The highest BCUT2D eigenvalue weighted by Crippen LogP contribution is 2.29. The summed E-state index contributed by atoms with van der Waals surface area (Å²) < 4.78 is 0. The van der Waals surface area contributed by atoms with E-state index in [1.807, 2.05) is 23.9 Å². The van der Waals surface area contributed by atoms with Gasteiger partial charge in [-0.15, -0.1) is 0 Å². The minimum Gasteiger partial charge on any atom is -0.306 e. The standard InChI is InChI=1S/C15H22N2O2S/c1-11(12-7-9-13(10-8-12)17(18)19)16-14-5-3-4-6-15(14)20-2/h7-11,14-16H,3-6H2,1-2H3. The molecule has 0 saturated heterocycles. The second kappa shape index (κ2) is 7.09. The Hall–Kier alpha value is -1.07. The van der Waals surface area contributed by atoms with E-state index in [-0.39, 0.29) is 16.7 Å². The van der Waals surface area contributed by atoms with E-state index in [2.05, 4.69) is 18.5 Å². The summed E-state index contributed by atoms with van der Waals surface area (Å²) in [6, 6.07) is 7.65. The largest absolute Gasteiger partial charge is 0.306 e. The lowest BCUT2D eigenvalue weighted by Gasteiger charge is -2.33. The van der Waals surface area contributed by atoms with Crippen molar-refractivity contribution in [1.29, 1.82) is 0 Å². The summed E-state index contributed by atoms with van der Waals surface area (Å²) in [6.07, 6.45) is 7.31. The molecule has 0 heterocycles. The molecule has 1 aromatic carbocycles. The smallest absolute Gasteiger partial charge is 0.269 e. The SMILES string of the molecule is CSC1CCCCC1NC(C)c1ccc([N+](=O)[O-])cc1. The Morgan fingerprint density at radius 1 is 1.30 bits per heavy atom. The maximum atomic E-state index is 10.7. The fourth-order valence-corrected chi connectivity index (χ4v) is 3.82. The molecule has 2 rings (SSSR count). The Balaban J connectivity index is 1.99. The van der Waals surface area contributed by atoms with Crippen LogP contribution in [0.15, 0.2) is 24.3 Å². The van der Waals surface area contributed by atoms with Crippen molar-refractivity contribution in [3.8, 4) is 0 Å². The maximum absolute atomic E-state index is 10.7. The molecule has 0 amide bonds. The number of rotatable bonds is 5. The van der Waals surface area contributed by atoms with Crippen molar-refractivity contribution < 1.29 is 4.92 Å². The van der Waals surface area contributed by atoms with E-state index in [9.17, 15) is 10.1 Å². The van der Waals surface area contributed by atoms with Crippen molar-refractivity contribution in [3.63, 3.8) is 0 Å². The molecule has 110 valence electrons. The van der Waals surface area contributed by atoms with Crippen molar-refractivity contribution in [1.82, 2.24) is 5.32 Å². The summed E-state index contributed by atoms with van der Waals surface area (Å²) in [5, 5.41) is 15.0. The van der Waals surface area contributed by atoms with Gasteiger partial charge in [0.15, 0.2) is 0 Å². The van der Waals surface area contributed by atoms with Crippen molar-refractivity contribution in [3.05, 3.63) is 39.9 Å². The first-order valence-electron chi connectivity index (χ1n) is 7.15. The zero-order valence-corrected chi connectivity index (χ0v) is 12.9. The summed E-state index contributed by atoms with van der Waals surface area (Å²) in [5.74, 6) is 0. The third-order valence-electron chi connectivity index (χ3n) is 4.07. The highest BCUT2D eigenvalue weighted by Gasteiger charge is 2.25. The highest BCUT2D eigenvalue weighted by molar-refractivity contribution is 7.99. The van der Waals surface area contributed by atoms with Crippen LogP contribution < -0.4 is 5.32 Å². The van der Waals surface area contributed by atoms with Gasteiger partial charge in [-0.05, 0) is 31.6 Å². The first-order valence-corrected chi connectivity index (χ1v) is 8.44. The van der Waals surface area contributed by atoms with Gasteiger partial charge < -0.3 is 5.32 Å². The first kappa shape index (κ1) is 15.3. The zero-order chi connectivity index (χ0) is 14.5. The predicted octanol–water partition coefficient (Wildman–Crippen LogP) is 3.92.